The van der Waals surface area contributed by atoms with Gasteiger partial charge in [0.15, 0.2) is 0 Å². The van der Waals surface area contributed by atoms with E-state index in [1.54, 1.807) is 13.0 Å². The number of hydrogen-bond donors (Lipinski definition) is 2. The van der Waals surface area contributed by atoms with Gasteiger partial charge in [-0.1, -0.05) is 42.8 Å². The summed E-state index contributed by atoms with van der Waals surface area (Å²) in [4.78, 5) is 11.3. The topological polar surface area (TPSA) is 77.0 Å². The molecule has 35 heavy (non-hydrogen) atoms. The van der Waals surface area contributed by atoms with Crippen molar-refractivity contribution in [3.63, 3.8) is 0 Å². The maximum absolute atomic E-state index is 13.8. The molecule has 0 aliphatic carbocycles. The molecule has 0 fully saturated rings. The Morgan fingerprint density at radius 3 is 2.46 bits per heavy atom. The third-order valence-electron chi connectivity index (χ3n) is 5.82. The van der Waals surface area contributed by atoms with Gasteiger partial charge in [-0.25, -0.2) is 4.79 Å². The third-order valence-corrected chi connectivity index (χ3v) is 5.82. The lowest BCUT2D eigenvalue weighted by atomic mass is 9.89. The summed E-state index contributed by atoms with van der Waals surface area (Å²) < 4.78 is 57.0. The second kappa shape index (κ2) is 13.3. The highest BCUT2D eigenvalue weighted by Crippen LogP contribution is 2.37. The van der Waals surface area contributed by atoms with Crippen molar-refractivity contribution >= 4 is 6.09 Å². The first-order chi connectivity index (χ1) is 16.6. The SMILES string of the molecule is CCC(CCc1ccc(OCCCc2cccc(C)c2)c(C(F)(F)F)c1)(COCOC)NC(=O)O. The zero-order valence-electron chi connectivity index (χ0n) is 20.4. The molecule has 0 bridgehead atoms. The van der Waals surface area contributed by atoms with Gasteiger partial charge in [-0.3, -0.25) is 0 Å². The van der Waals surface area contributed by atoms with Gasteiger partial charge in [0.1, 0.15) is 12.5 Å². The maximum atomic E-state index is 13.8. The van der Waals surface area contributed by atoms with Crippen LogP contribution in [0.4, 0.5) is 18.0 Å². The molecule has 0 heterocycles. The lowest BCUT2D eigenvalue weighted by Crippen LogP contribution is -2.51. The van der Waals surface area contributed by atoms with E-state index >= 15 is 0 Å². The van der Waals surface area contributed by atoms with Gasteiger partial charge >= 0.3 is 12.3 Å². The molecule has 2 aromatic carbocycles. The number of rotatable bonds is 14. The van der Waals surface area contributed by atoms with E-state index in [0.29, 0.717) is 24.8 Å². The van der Waals surface area contributed by atoms with Gasteiger partial charge in [0.25, 0.3) is 0 Å². The van der Waals surface area contributed by atoms with E-state index in [0.717, 1.165) is 17.2 Å². The lowest BCUT2D eigenvalue weighted by Gasteiger charge is -2.32. The Kier molecular flexibility index (Phi) is 10.9. The summed E-state index contributed by atoms with van der Waals surface area (Å²) in [6.07, 6.45) is -3.62. The summed E-state index contributed by atoms with van der Waals surface area (Å²) in [5, 5.41) is 11.7. The number of carbonyl (C=O) groups is 1. The fraction of sp³-hybridized carbons (Fsp3) is 0.500. The monoisotopic (exact) mass is 497 g/mol. The van der Waals surface area contributed by atoms with Crippen LogP contribution in [0.1, 0.15) is 48.4 Å². The molecule has 0 aliphatic heterocycles. The van der Waals surface area contributed by atoms with E-state index in [2.05, 4.69) is 5.32 Å². The van der Waals surface area contributed by atoms with Crippen LogP contribution in [0, 0.1) is 6.92 Å². The Balaban J connectivity index is 2.07. The van der Waals surface area contributed by atoms with Gasteiger partial charge in [0, 0.05) is 7.11 Å². The number of alkyl halides is 3. The first-order valence-corrected chi connectivity index (χ1v) is 11.5. The minimum atomic E-state index is -4.58. The van der Waals surface area contributed by atoms with Crippen LogP contribution >= 0.6 is 0 Å². The van der Waals surface area contributed by atoms with E-state index in [-0.39, 0.29) is 38.6 Å². The van der Waals surface area contributed by atoms with Crippen LogP contribution in [0.3, 0.4) is 0 Å². The number of hydrogen-bond acceptors (Lipinski definition) is 4. The quantitative estimate of drug-likeness (QED) is 0.248. The Labute approximate surface area is 204 Å². The van der Waals surface area contributed by atoms with Crippen molar-refractivity contribution in [1.82, 2.24) is 5.32 Å². The Hall–Kier alpha value is -2.78. The summed E-state index contributed by atoms with van der Waals surface area (Å²) >= 11 is 0. The molecular formula is C26H34F3NO5. The molecule has 1 amide bonds. The van der Waals surface area contributed by atoms with Gasteiger partial charge in [-0.15, -0.1) is 0 Å². The van der Waals surface area contributed by atoms with Crippen LogP contribution in [0.25, 0.3) is 0 Å². The first-order valence-electron chi connectivity index (χ1n) is 11.5. The Morgan fingerprint density at radius 1 is 1.09 bits per heavy atom. The predicted octanol–water partition coefficient (Wildman–Crippen LogP) is 5.99. The molecule has 9 heteroatoms. The number of ether oxygens (including phenoxy) is 3. The van der Waals surface area contributed by atoms with E-state index in [1.807, 2.05) is 31.2 Å². The van der Waals surface area contributed by atoms with Crippen LogP contribution in [0.5, 0.6) is 5.75 Å². The molecule has 2 N–H and O–H groups in total. The van der Waals surface area contributed by atoms with Crippen LogP contribution in [0.2, 0.25) is 0 Å². The fourth-order valence-electron chi connectivity index (χ4n) is 3.87. The van der Waals surface area contributed by atoms with Crippen molar-refractivity contribution in [3.05, 3.63) is 64.7 Å². The molecule has 1 unspecified atom stereocenters. The van der Waals surface area contributed by atoms with E-state index in [9.17, 15) is 23.1 Å². The number of nitrogens with one attached hydrogen (secondary N) is 1. The highest BCUT2D eigenvalue weighted by atomic mass is 19.4. The highest BCUT2D eigenvalue weighted by molar-refractivity contribution is 5.65. The summed E-state index contributed by atoms with van der Waals surface area (Å²) in [6.45, 7) is 3.97. The lowest BCUT2D eigenvalue weighted by molar-refractivity contribution is -0.139. The van der Waals surface area contributed by atoms with Gasteiger partial charge in [0.2, 0.25) is 0 Å². The van der Waals surface area contributed by atoms with Crippen LogP contribution < -0.4 is 10.1 Å². The average Bonchev–Trinajstić information content (AvgIpc) is 2.80. The zero-order valence-corrected chi connectivity index (χ0v) is 20.4. The number of carboxylic acid groups (broad SMARTS) is 1. The fourth-order valence-corrected chi connectivity index (χ4v) is 3.87. The second-order valence-corrected chi connectivity index (χ2v) is 8.59. The summed E-state index contributed by atoms with van der Waals surface area (Å²) in [7, 11) is 1.45. The van der Waals surface area contributed by atoms with Gasteiger partial charge in [-0.05, 0) is 62.3 Å². The molecule has 1 atom stereocenters. The second-order valence-electron chi connectivity index (χ2n) is 8.59. The zero-order chi connectivity index (χ0) is 25.9. The van der Waals surface area contributed by atoms with Crippen molar-refractivity contribution < 1.29 is 37.3 Å². The smallest absolute Gasteiger partial charge is 0.419 e. The van der Waals surface area contributed by atoms with Crippen LogP contribution in [0.15, 0.2) is 42.5 Å². The molecule has 0 radical (unpaired) electrons. The molecule has 0 saturated carbocycles. The normalized spacial score (nSPS) is 13.3. The molecule has 0 saturated heterocycles. The average molecular weight is 498 g/mol. The number of methoxy groups -OCH3 is 1. The van der Waals surface area contributed by atoms with E-state index in [4.69, 9.17) is 14.2 Å². The van der Waals surface area contributed by atoms with Gasteiger partial charge in [-0.2, -0.15) is 13.2 Å². The van der Waals surface area contributed by atoms with Crippen LogP contribution in [-0.4, -0.2) is 43.9 Å². The molecule has 2 aromatic rings. The van der Waals surface area contributed by atoms with E-state index < -0.39 is 23.4 Å². The minimum absolute atomic E-state index is 0.0167. The molecule has 0 aliphatic rings. The van der Waals surface area contributed by atoms with E-state index in [1.165, 1.54) is 13.2 Å². The number of halogens is 3. The van der Waals surface area contributed by atoms with Crippen molar-refractivity contribution in [3.8, 4) is 5.75 Å². The molecule has 2 rings (SSSR count). The predicted molar refractivity (Wildman–Crippen MR) is 127 cm³/mol. The third kappa shape index (κ3) is 9.41. The van der Waals surface area contributed by atoms with Crippen molar-refractivity contribution in [1.29, 1.82) is 0 Å². The first kappa shape index (κ1) is 28.5. The number of aryl methyl sites for hydroxylation is 3. The number of amides is 1. The van der Waals surface area contributed by atoms with Crippen molar-refractivity contribution in [2.45, 2.75) is 57.7 Å². The Morgan fingerprint density at radius 2 is 1.83 bits per heavy atom. The standard InChI is InChI=1S/C26H34F3NO5/c1-4-25(30-24(31)32,17-34-18-33-3)13-12-21-10-11-23(22(16-21)26(27,28)29)35-14-6-9-20-8-5-7-19(2)15-20/h5,7-8,10-11,15-16,30H,4,6,9,12-14,17-18H2,1-3H3,(H,31,32). The van der Waals surface area contributed by atoms with Gasteiger partial charge < -0.3 is 24.6 Å². The van der Waals surface area contributed by atoms with Crippen LogP contribution in [-0.2, 0) is 28.5 Å². The molecule has 0 spiro atoms. The van der Waals surface area contributed by atoms with Gasteiger partial charge in [0.05, 0.1) is 24.3 Å². The Bertz CT molecular complexity index is 951. The maximum Gasteiger partial charge on any atom is 0.419 e. The summed E-state index contributed by atoms with van der Waals surface area (Å²) in [5.41, 5.74) is 0.891. The molecule has 0 aromatic heterocycles. The molecule has 6 nitrogen and oxygen atoms in total. The molecular weight excluding hydrogens is 463 g/mol. The van der Waals surface area contributed by atoms with Crippen molar-refractivity contribution in [2.24, 2.45) is 0 Å². The minimum Gasteiger partial charge on any atom is -0.493 e. The highest BCUT2D eigenvalue weighted by Gasteiger charge is 2.35. The largest absolute Gasteiger partial charge is 0.493 e. The molecule has 194 valence electrons. The number of benzene rings is 2. The summed E-state index contributed by atoms with van der Waals surface area (Å²) in [5.74, 6) is -0.209. The van der Waals surface area contributed by atoms with Crippen molar-refractivity contribution in [2.75, 3.05) is 27.1 Å². The summed E-state index contributed by atoms with van der Waals surface area (Å²) in [6, 6.07) is 12.0.